The Labute approximate surface area is 79.9 Å². The van der Waals surface area contributed by atoms with Gasteiger partial charge in [0.15, 0.2) is 0 Å². The van der Waals surface area contributed by atoms with Gasteiger partial charge in [-0.05, 0) is 11.3 Å². The Balaban J connectivity index is 4.02. The summed E-state index contributed by atoms with van der Waals surface area (Å²) in [6.45, 7) is 10.1. The zero-order valence-corrected chi connectivity index (χ0v) is 9.10. The number of hydrogen-bond acceptors (Lipinski definition) is 2. The van der Waals surface area contributed by atoms with E-state index in [1.165, 1.54) is 6.92 Å². The van der Waals surface area contributed by atoms with E-state index in [1.807, 2.05) is 0 Å². The first-order chi connectivity index (χ1) is 5.77. The van der Waals surface area contributed by atoms with Crippen molar-refractivity contribution in [3.63, 3.8) is 0 Å². The molecule has 3 nitrogen and oxygen atoms in total. The third-order valence-corrected chi connectivity index (χ3v) is 2.59. The van der Waals surface area contributed by atoms with Gasteiger partial charge in [0.05, 0.1) is 0 Å². The fourth-order valence-corrected chi connectivity index (χ4v) is 0.637. The molecule has 0 heterocycles. The van der Waals surface area contributed by atoms with Crippen molar-refractivity contribution in [2.75, 3.05) is 6.54 Å². The predicted molar refractivity (Wildman–Crippen MR) is 52.3 cm³/mol. The molecule has 0 fully saturated rings. The summed E-state index contributed by atoms with van der Waals surface area (Å²) < 4.78 is 0. The van der Waals surface area contributed by atoms with Crippen LogP contribution >= 0.6 is 0 Å². The van der Waals surface area contributed by atoms with Gasteiger partial charge in [0, 0.05) is 13.5 Å². The predicted octanol–water partition coefficient (Wildman–Crippen LogP) is 1.37. The molecule has 0 aromatic rings. The average Bonchev–Trinajstić information content (AvgIpc) is 1.99. The van der Waals surface area contributed by atoms with Gasteiger partial charge in [0.1, 0.15) is 0 Å². The van der Waals surface area contributed by atoms with Crippen LogP contribution in [-0.4, -0.2) is 18.2 Å². The number of carbonyl (C=O) groups is 2. The van der Waals surface area contributed by atoms with Gasteiger partial charge in [-0.25, -0.2) is 0 Å². The minimum absolute atomic E-state index is 0.0328. The highest BCUT2D eigenvalue weighted by Crippen LogP contribution is 2.24. The van der Waals surface area contributed by atoms with Gasteiger partial charge in [-0.1, -0.05) is 27.7 Å². The first-order valence-corrected chi connectivity index (χ1v) is 4.56. The van der Waals surface area contributed by atoms with Gasteiger partial charge in [-0.3, -0.25) is 9.59 Å². The van der Waals surface area contributed by atoms with E-state index >= 15 is 0 Å². The quantitative estimate of drug-likeness (QED) is 0.672. The van der Waals surface area contributed by atoms with Crippen LogP contribution in [0.25, 0.3) is 0 Å². The smallest absolute Gasteiger partial charge is 0.287 e. The second-order valence-electron chi connectivity index (χ2n) is 4.38. The summed E-state index contributed by atoms with van der Waals surface area (Å²) >= 11 is 0. The molecule has 0 radical (unpaired) electrons. The van der Waals surface area contributed by atoms with Crippen LogP contribution in [0.3, 0.4) is 0 Å². The first kappa shape index (κ1) is 12.1. The van der Waals surface area contributed by atoms with Crippen molar-refractivity contribution in [3.8, 4) is 0 Å². The Kier molecular flexibility index (Phi) is 4.11. The Hall–Kier alpha value is -0.860. The Morgan fingerprint density at radius 3 is 2.08 bits per heavy atom. The van der Waals surface area contributed by atoms with Crippen LogP contribution in [-0.2, 0) is 9.59 Å². The van der Waals surface area contributed by atoms with Crippen molar-refractivity contribution in [3.05, 3.63) is 0 Å². The van der Waals surface area contributed by atoms with Gasteiger partial charge < -0.3 is 5.32 Å². The largest absolute Gasteiger partial charge is 0.349 e. The Morgan fingerprint density at radius 2 is 1.77 bits per heavy atom. The van der Waals surface area contributed by atoms with Crippen molar-refractivity contribution in [2.45, 2.75) is 34.6 Å². The summed E-state index contributed by atoms with van der Waals surface area (Å²) in [5.41, 5.74) is 0.0328. The van der Waals surface area contributed by atoms with Crippen LogP contribution in [0.2, 0.25) is 0 Å². The molecule has 0 bridgehead atoms. The molecule has 0 rings (SSSR count). The summed E-state index contributed by atoms with van der Waals surface area (Å²) in [5, 5.41) is 2.62. The molecule has 0 saturated carbocycles. The van der Waals surface area contributed by atoms with Crippen molar-refractivity contribution < 1.29 is 9.59 Å². The maximum absolute atomic E-state index is 11.0. The third kappa shape index (κ3) is 4.06. The molecule has 0 aliphatic carbocycles. The van der Waals surface area contributed by atoms with Gasteiger partial charge in [0.2, 0.25) is 5.78 Å². The lowest BCUT2D eigenvalue weighted by Gasteiger charge is -2.29. The molecule has 0 aliphatic heterocycles. The lowest BCUT2D eigenvalue weighted by molar-refractivity contribution is -0.137. The lowest BCUT2D eigenvalue weighted by Crippen LogP contribution is -2.39. The summed E-state index contributed by atoms with van der Waals surface area (Å²) in [7, 11) is 0. The van der Waals surface area contributed by atoms with E-state index < -0.39 is 11.7 Å². The number of ketones is 1. The fraction of sp³-hybridized carbons (Fsp3) is 0.800. The lowest BCUT2D eigenvalue weighted by atomic mass is 9.81. The third-order valence-electron chi connectivity index (χ3n) is 2.59. The SMILES string of the molecule is CC(=O)C(=O)NCC(C)(C)C(C)C. The van der Waals surface area contributed by atoms with E-state index in [4.69, 9.17) is 0 Å². The highest BCUT2D eigenvalue weighted by Gasteiger charge is 2.23. The van der Waals surface area contributed by atoms with Gasteiger partial charge >= 0.3 is 0 Å². The molecule has 1 N–H and O–H groups in total. The number of Topliss-reactive ketones (excluding diaryl/α,β-unsaturated/α-hetero) is 1. The van der Waals surface area contributed by atoms with Crippen molar-refractivity contribution >= 4 is 11.7 Å². The summed E-state index contributed by atoms with van der Waals surface area (Å²) in [5.74, 6) is -0.451. The number of amides is 1. The molecule has 13 heavy (non-hydrogen) atoms. The molecule has 1 amide bonds. The molecule has 0 spiro atoms. The summed E-state index contributed by atoms with van der Waals surface area (Å²) in [6, 6.07) is 0. The van der Waals surface area contributed by atoms with Crippen LogP contribution in [0, 0.1) is 11.3 Å². The normalized spacial score (nSPS) is 11.5. The van der Waals surface area contributed by atoms with Crippen LogP contribution in [0.5, 0.6) is 0 Å². The highest BCUT2D eigenvalue weighted by molar-refractivity contribution is 6.35. The molecule has 3 heteroatoms. The summed E-state index contributed by atoms with van der Waals surface area (Å²) in [6.07, 6.45) is 0. The molecule has 0 atom stereocenters. The maximum atomic E-state index is 11.0. The van der Waals surface area contributed by atoms with Crippen LogP contribution < -0.4 is 5.32 Å². The molecule has 76 valence electrons. The Bertz CT molecular complexity index is 207. The van der Waals surface area contributed by atoms with Crippen molar-refractivity contribution in [1.29, 1.82) is 0 Å². The number of carbonyl (C=O) groups excluding carboxylic acids is 2. The summed E-state index contributed by atoms with van der Waals surface area (Å²) in [4.78, 5) is 21.6. The van der Waals surface area contributed by atoms with E-state index in [9.17, 15) is 9.59 Å². The minimum Gasteiger partial charge on any atom is -0.349 e. The van der Waals surface area contributed by atoms with E-state index in [-0.39, 0.29) is 5.41 Å². The number of hydrogen-bond donors (Lipinski definition) is 1. The molecular formula is C10H19NO2. The van der Waals surface area contributed by atoms with Gasteiger partial charge in [0.25, 0.3) is 5.91 Å². The minimum atomic E-state index is -0.492. The second-order valence-corrected chi connectivity index (χ2v) is 4.38. The molecule has 0 aliphatic rings. The van der Waals surface area contributed by atoms with Crippen LogP contribution in [0.15, 0.2) is 0 Å². The average molecular weight is 185 g/mol. The number of nitrogens with one attached hydrogen (secondary N) is 1. The monoisotopic (exact) mass is 185 g/mol. The molecule has 0 unspecified atom stereocenters. The zero-order chi connectivity index (χ0) is 10.6. The van der Waals surface area contributed by atoms with E-state index in [2.05, 4.69) is 33.0 Å². The molecular weight excluding hydrogens is 166 g/mol. The van der Waals surface area contributed by atoms with E-state index in [0.717, 1.165) is 0 Å². The van der Waals surface area contributed by atoms with Gasteiger partial charge in [-0.2, -0.15) is 0 Å². The van der Waals surface area contributed by atoms with E-state index in [0.29, 0.717) is 12.5 Å². The molecule has 0 aromatic heterocycles. The van der Waals surface area contributed by atoms with Gasteiger partial charge in [-0.15, -0.1) is 0 Å². The topological polar surface area (TPSA) is 46.2 Å². The van der Waals surface area contributed by atoms with Crippen LogP contribution in [0.4, 0.5) is 0 Å². The maximum Gasteiger partial charge on any atom is 0.287 e. The highest BCUT2D eigenvalue weighted by atomic mass is 16.2. The van der Waals surface area contributed by atoms with Crippen molar-refractivity contribution in [1.82, 2.24) is 5.32 Å². The first-order valence-electron chi connectivity index (χ1n) is 4.56. The zero-order valence-electron chi connectivity index (χ0n) is 9.10. The molecule has 0 aromatic carbocycles. The van der Waals surface area contributed by atoms with Crippen LogP contribution in [0.1, 0.15) is 34.6 Å². The van der Waals surface area contributed by atoms with E-state index in [1.54, 1.807) is 0 Å². The molecule has 0 saturated heterocycles. The Morgan fingerprint density at radius 1 is 1.31 bits per heavy atom. The number of rotatable bonds is 4. The fourth-order valence-electron chi connectivity index (χ4n) is 0.637. The van der Waals surface area contributed by atoms with Crippen molar-refractivity contribution in [2.24, 2.45) is 11.3 Å². The second kappa shape index (κ2) is 4.40. The standard InChI is InChI=1S/C10H19NO2/c1-7(2)10(4,5)6-11-9(13)8(3)12/h7H,6H2,1-5H3,(H,11,13).